The Morgan fingerprint density at radius 3 is 2.71 bits per heavy atom. The standard InChI is InChI=1S/C15H18N4O5/c1-8(15-18-9(2)19-24-15)17-14(21)10-4-5-11(12(6-10)22-3)23-7-13(16)20/h4-6,8H,7H2,1-3H3,(H2,16,20)(H,17,21)/t8-/m1/s1. The van der Waals surface area contributed by atoms with Crippen LogP contribution in [0.1, 0.15) is 35.0 Å². The Morgan fingerprint density at radius 2 is 2.12 bits per heavy atom. The van der Waals surface area contributed by atoms with Crippen molar-refractivity contribution >= 4 is 11.8 Å². The van der Waals surface area contributed by atoms with Gasteiger partial charge in [0.25, 0.3) is 11.8 Å². The molecule has 9 nitrogen and oxygen atoms in total. The van der Waals surface area contributed by atoms with Crippen LogP contribution in [0.25, 0.3) is 0 Å². The van der Waals surface area contributed by atoms with Crippen LogP contribution >= 0.6 is 0 Å². The highest BCUT2D eigenvalue weighted by Gasteiger charge is 2.18. The van der Waals surface area contributed by atoms with Gasteiger partial charge in [-0.25, -0.2) is 0 Å². The van der Waals surface area contributed by atoms with Gasteiger partial charge in [-0.3, -0.25) is 9.59 Å². The Bertz CT molecular complexity index is 743. The summed E-state index contributed by atoms with van der Waals surface area (Å²) in [6, 6.07) is 4.12. The Morgan fingerprint density at radius 1 is 1.38 bits per heavy atom. The molecular formula is C15H18N4O5. The van der Waals surface area contributed by atoms with E-state index in [9.17, 15) is 9.59 Å². The first-order chi connectivity index (χ1) is 11.4. The number of amides is 2. The molecule has 2 rings (SSSR count). The van der Waals surface area contributed by atoms with Gasteiger partial charge in [0.05, 0.1) is 7.11 Å². The number of aryl methyl sites for hydroxylation is 1. The summed E-state index contributed by atoms with van der Waals surface area (Å²) in [5.41, 5.74) is 5.38. The van der Waals surface area contributed by atoms with Crippen molar-refractivity contribution in [3.05, 3.63) is 35.5 Å². The first-order valence-corrected chi connectivity index (χ1v) is 7.11. The molecule has 0 radical (unpaired) electrons. The van der Waals surface area contributed by atoms with Crippen molar-refractivity contribution in [2.75, 3.05) is 13.7 Å². The van der Waals surface area contributed by atoms with Crippen LogP contribution < -0.4 is 20.5 Å². The number of primary amides is 1. The number of nitrogens with two attached hydrogens (primary N) is 1. The Hall–Kier alpha value is -3.10. The van der Waals surface area contributed by atoms with Gasteiger partial charge in [0, 0.05) is 5.56 Å². The van der Waals surface area contributed by atoms with E-state index in [1.165, 1.54) is 19.2 Å². The summed E-state index contributed by atoms with van der Waals surface area (Å²) >= 11 is 0. The van der Waals surface area contributed by atoms with Crippen molar-refractivity contribution in [1.29, 1.82) is 0 Å². The molecule has 0 spiro atoms. The maximum atomic E-state index is 12.3. The van der Waals surface area contributed by atoms with E-state index < -0.39 is 11.9 Å². The molecule has 2 amide bonds. The zero-order valence-corrected chi connectivity index (χ0v) is 13.5. The number of carbonyl (C=O) groups excluding carboxylic acids is 2. The summed E-state index contributed by atoms with van der Waals surface area (Å²) in [4.78, 5) is 27.2. The third kappa shape index (κ3) is 4.22. The first kappa shape index (κ1) is 17.3. The number of carbonyl (C=O) groups is 2. The lowest BCUT2D eigenvalue weighted by Crippen LogP contribution is -2.27. The van der Waals surface area contributed by atoms with Gasteiger partial charge in [0.1, 0.15) is 6.04 Å². The summed E-state index contributed by atoms with van der Waals surface area (Å²) in [7, 11) is 1.43. The summed E-state index contributed by atoms with van der Waals surface area (Å²) < 4.78 is 15.4. The number of rotatable bonds is 7. The average molecular weight is 334 g/mol. The molecular weight excluding hydrogens is 316 g/mol. The lowest BCUT2D eigenvalue weighted by Gasteiger charge is -2.13. The molecule has 0 aliphatic rings. The average Bonchev–Trinajstić information content (AvgIpc) is 2.99. The fourth-order valence-electron chi connectivity index (χ4n) is 1.91. The molecule has 2 aromatic rings. The SMILES string of the molecule is COc1cc(C(=O)N[C@H](C)c2nc(C)no2)ccc1OCC(N)=O. The second kappa shape index (κ2) is 7.44. The molecule has 1 atom stereocenters. The second-order valence-corrected chi connectivity index (χ2v) is 5.00. The van der Waals surface area contributed by atoms with Gasteiger partial charge in [0.15, 0.2) is 23.9 Å². The van der Waals surface area contributed by atoms with Crippen LogP contribution in [0.2, 0.25) is 0 Å². The molecule has 0 bridgehead atoms. The lowest BCUT2D eigenvalue weighted by molar-refractivity contribution is -0.119. The summed E-state index contributed by atoms with van der Waals surface area (Å²) in [5.74, 6) is 0.470. The molecule has 0 fully saturated rings. The van der Waals surface area contributed by atoms with Crippen LogP contribution in [0.3, 0.4) is 0 Å². The number of methoxy groups -OCH3 is 1. The highest BCUT2D eigenvalue weighted by Crippen LogP contribution is 2.28. The minimum absolute atomic E-state index is 0.282. The maximum Gasteiger partial charge on any atom is 0.255 e. The van der Waals surface area contributed by atoms with Crippen molar-refractivity contribution in [2.45, 2.75) is 19.9 Å². The maximum absolute atomic E-state index is 12.3. The zero-order valence-electron chi connectivity index (χ0n) is 13.5. The smallest absolute Gasteiger partial charge is 0.255 e. The van der Waals surface area contributed by atoms with Gasteiger partial charge >= 0.3 is 0 Å². The van der Waals surface area contributed by atoms with Crippen LogP contribution in [0.5, 0.6) is 11.5 Å². The second-order valence-electron chi connectivity index (χ2n) is 5.00. The van der Waals surface area contributed by atoms with Gasteiger partial charge in [0.2, 0.25) is 5.89 Å². The monoisotopic (exact) mass is 334 g/mol. The predicted octanol–water partition coefficient (Wildman–Crippen LogP) is 0.742. The van der Waals surface area contributed by atoms with E-state index in [0.29, 0.717) is 28.8 Å². The minimum atomic E-state index is -0.609. The molecule has 0 aliphatic carbocycles. The van der Waals surface area contributed by atoms with E-state index in [4.69, 9.17) is 19.7 Å². The number of benzene rings is 1. The summed E-state index contributed by atoms with van der Waals surface area (Å²) in [6.07, 6.45) is 0. The largest absolute Gasteiger partial charge is 0.493 e. The Balaban J connectivity index is 2.10. The molecule has 24 heavy (non-hydrogen) atoms. The molecule has 0 aliphatic heterocycles. The number of nitrogens with zero attached hydrogens (tertiary/aromatic N) is 2. The van der Waals surface area contributed by atoms with Gasteiger partial charge in [-0.1, -0.05) is 5.16 Å². The van der Waals surface area contributed by atoms with Gasteiger partial charge in [-0.05, 0) is 32.0 Å². The fourth-order valence-corrected chi connectivity index (χ4v) is 1.91. The topological polar surface area (TPSA) is 130 Å². The van der Waals surface area contributed by atoms with E-state index in [0.717, 1.165) is 0 Å². The number of ether oxygens (including phenoxy) is 2. The minimum Gasteiger partial charge on any atom is -0.493 e. The van der Waals surface area contributed by atoms with Gasteiger partial charge < -0.3 is 25.0 Å². The van der Waals surface area contributed by atoms with Crippen LogP contribution in [0, 0.1) is 6.92 Å². The predicted molar refractivity (Wildman–Crippen MR) is 82.6 cm³/mol. The number of nitrogens with one attached hydrogen (secondary N) is 1. The van der Waals surface area contributed by atoms with Crippen molar-refractivity contribution < 1.29 is 23.6 Å². The molecule has 128 valence electrons. The molecule has 1 heterocycles. The summed E-state index contributed by atoms with van der Waals surface area (Å²) in [5, 5.41) is 6.42. The van der Waals surface area contributed by atoms with Crippen LogP contribution in [-0.4, -0.2) is 35.7 Å². The van der Waals surface area contributed by atoms with E-state index in [2.05, 4.69) is 15.5 Å². The molecule has 0 saturated carbocycles. The lowest BCUT2D eigenvalue weighted by atomic mass is 10.1. The van der Waals surface area contributed by atoms with E-state index >= 15 is 0 Å². The van der Waals surface area contributed by atoms with Crippen molar-refractivity contribution in [3.63, 3.8) is 0 Å². The van der Waals surface area contributed by atoms with E-state index in [1.807, 2.05) is 0 Å². The number of hydrogen-bond acceptors (Lipinski definition) is 7. The van der Waals surface area contributed by atoms with Crippen LogP contribution in [0.15, 0.2) is 22.7 Å². The Kier molecular flexibility index (Phi) is 5.35. The van der Waals surface area contributed by atoms with Crippen molar-refractivity contribution in [3.8, 4) is 11.5 Å². The van der Waals surface area contributed by atoms with Crippen molar-refractivity contribution in [2.24, 2.45) is 5.73 Å². The van der Waals surface area contributed by atoms with Crippen LogP contribution in [0.4, 0.5) is 0 Å². The molecule has 0 saturated heterocycles. The Labute approximate surface area is 138 Å². The normalized spacial score (nSPS) is 11.6. The third-order valence-electron chi connectivity index (χ3n) is 3.06. The molecule has 9 heteroatoms. The van der Waals surface area contributed by atoms with Crippen LogP contribution in [-0.2, 0) is 4.79 Å². The zero-order chi connectivity index (χ0) is 17.7. The quantitative estimate of drug-likeness (QED) is 0.764. The van der Waals surface area contributed by atoms with E-state index in [-0.39, 0.29) is 12.5 Å². The van der Waals surface area contributed by atoms with Gasteiger partial charge in [-0.2, -0.15) is 4.98 Å². The highest BCUT2D eigenvalue weighted by atomic mass is 16.5. The third-order valence-corrected chi connectivity index (χ3v) is 3.06. The first-order valence-electron chi connectivity index (χ1n) is 7.11. The molecule has 3 N–H and O–H groups in total. The molecule has 1 aromatic carbocycles. The molecule has 1 aromatic heterocycles. The van der Waals surface area contributed by atoms with Gasteiger partial charge in [-0.15, -0.1) is 0 Å². The van der Waals surface area contributed by atoms with Crippen molar-refractivity contribution in [1.82, 2.24) is 15.5 Å². The molecule has 0 unspecified atom stereocenters. The summed E-state index contributed by atoms with van der Waals surface area (Å²) in [6.45, 7) is 3.14. The number of aromatic nitrogens is 2. The fraction of sp³-hybridized carbons (Fsp3) is 0.333. The van der Waals surface area contributed by atoms with E-state index in [1.54, 1.807) is 19.9 Å². The number of hydrogen-bond donors (Lipinski definition) is 2. The highest BCUT2D eigenvalue weighted by molar-refractivity contribution is 5.95.